The van der Waals surface area contributed by atoms with Crippen LogP contribution in [0.2, 0.25) is 10.0 Å². The molecule has 0 saturated heterocycles. The predicted octanol–water partition coefficient (Wildman–Crippen LogP) is 5.46. The summed E-state index contributed by atoms with van der Waals surface area (Å²) in [6, 6.07) is 14.7. The first kappa shape index (κ1) is 15.4. The van der Waals surface area contributed by atoms with Crippen LogP contribution in [-0.4, -0.2) is 6.61 Å². The van der Waals surface area contributed by atoms with Crippen molar-refractivity contribution in [2.24, 2.45) is 0 Å². The van der Waals surface area contributed by atoms with Crippen LogP contribution < -0.4 is 4.74 Å². The normalized spacial score (nSPS) is 11.0. The molecule has 2 aromatic rings. The molecule has 21 heavy (non-hydrogen) atoms. The first-order valence-corrected chi connectivity index (χ1v) is 7.20. The fourth-order valence-electron chi connectivity index (χ4n) is 1.92. The summed E-state index contributed by atoms with van der Waals surface area (Å²) in [5, 5.41) is 10.5. The van der Waals surface area contributed by atoms with Gasteiger partial charge in [0.15, 0.2) is 0 Å². The molecule has 2 nitrogen and oxygen atoms in total. The lowest BCUT2D eigenvalue weighted by molar-refractivity contribution is 0.339. The largest absolute Gasteiger partial charge is 0.493 e. The number of halogens is 2. The Hall–Kier alpha value is -1.95. The molecule has 0 N–H and O–H groups in total. The summed E-state index contributed by atoms with van der Waals surface area (Å²) in [5.41, 5.74) is 1.90. The Bertz CT molecular complexity index is 717. The number of hydrogen-bond acceptors (Lipinski definition) is 2. The number of nitriles is 1. The molecule has 0 unspecified atom stereocenters. The molecule has 2 rings (SSSR count). The second kappa shape index (κ2) is 7.17. The van der Waals surface area contributed by atoms with Gasteiger partial charge in [0.05, 0.1) is 18.2 Å². The van der Waals surface area contributed by atoms with E-state index in [0.29, 0.717) is 33.5 Å². The van der Waals surface area contributed by atoms with Gasteiger partial charge in [-0.3, -0.25) is 0 Å². The van der Waals surface area contributed by atoms with Gasteiger partial charge in [0, 0.05) is 21.2 Å². The number of hydrogen-bond donors (Lipinski definition) is 0. The molecule has 0 aliphatic heterocycles. The molecule has 0 amide bonds. The van der Waals surface area contributed by atoms with Crippen LogP contribution in [0.15, 0.2) is 42.5 Å². The molecule has 0 aliphatic rings. The summed E-state index contributed by atoms with van der Waals surface area (Å²) in [7, 11) is 0. The molecule has 0 spiro atoms. The van der Waals surface area contributed by atoms with Crippen molar-refractivity contribution in [3.05, 3.63) is 63.6 Å². The van der Waals surface area contributed by atoms with Gasteiger partial charge in [-0.1, -0.05) is 41.4 Å². The molecule has 4 heteroatoms. The number of rotatable bonds is 4. The van der Waals surface area contributed by atoms with Gasteiger partial charge in [0.25, 0.3) is 0 Å². The molecular weight excluding hydrogens is 305 g/mol. The predicted molar refractivity (Wildman–Crippen MR) is 87.6 cm³/mol. The summed E-state index contributed by atoms with van der Waals surface area (Å²) < 4.78 is 5.56. The van der Waals surface area contributed by atoms with E-state index in [1.807, 2.05) is 25.1 Å². The summed E-state index contributed by atoms with van der Waals surface area (Å²) in [5.74, 6) is 0.682. The molecular formula is C17H13Cl2NO. The van der Waals surface area contributed by atoms with Crippen LogP contribution in [0.1, 0.15) is 18.1 Å². The third kappa shape index (κ3) is 3.78. The standard InChI is InChI=1S/C17H13Cl2NO/c1-2-21-17-8-7-14(18)10-12(17)9-13(11-20)15-5-3-4-6-16(15)19/h3-10H,2H2,1H3. The maximum absolute atomic E-state index is 9.40. The van der Waals surface area contributed by atoms with Crippen LogP contribution in [0.25, 0.3) is 11.6 Å². The maximum atomic E-state index is 9.40. The molecule has 0 radical (unpaired) electrons. The lowest BCUT2D eigenvalue weighted by atomic mass is 10.0. The highest BCUT2D eigenvalue weighted by Crippen LogP contribution is 2.30. The van der Waals surface area contributed by atoms with E-state index >= 15 is 0 Å². The van der Waals surface area contributed by atoms with Crippen molar-refractivity contribution in [1.82, 2.24) is 0 Å². The van der Waals surface area contributed by atoms with E-state index in [4.69, 9.17) is 27.9 Å². The zero-order chi connectivity index (χ0) is 15.2. The monoisotopic (exact) mass is 317 g/mol. The highest BCUT2D eigenvalue weighted by atomic mass is 35.5. The molecule has 0 fully saturated rings. The average molecular weight is 318 g/mol. The summed E-state index contributed by atoms with van der Waals surface area (Å²) in [4.78, 5) is 0. The van der Waals surface area contributed by atoms with Crippen LogP contribution in [0.5, 0.6) is 5.75 Å². The van der Waals surface area contributed by atoms with E-state index in [1.54, 1.807) is 30.3 Å². The number of benzene rings is 2. The molecule has 0 bridgehead atoms. The van der Waals surface area contributed by atoms with Crippen molar-refractivity contribution in [1.29, 1.82) is 5.26 Å². The second-order valence-corrected chi connectivity index (χ2v) is 5.11. The lowest BCUT2D eigenvalue weighted by Crippen LogP contribution is -1.94. The average Bonchev–Trinajstić information content (AvgIpc) is 2.48. The summed E-state index contributed by atoms with van der Waals surface area (Å²) in [6.07, 6.45) is 1.73. The number of allylic oxidation sites excluding steroid dienone is 1. The maximum Gasteiger partial charge on any atom is 0.126 e. The van der Waals surface area contributed by atoms with E-state index in [0.717, 1.165) is 5.56 Å². The SMILES string of the molecule is CCOc1ccc(Cl)cc1C=C(C#N)c1ccccc1Cl. The van der Waals surface area contributed by atoms with E-state index in [-0.39, 0.29) is 0 Å². The molecule has 2 aromatic carbocycles. The van der Waals surface area contributed by atoms with E-state index in [2.05, 4.69) is 6.07 Å². The minimum atomic E-state index is 0.462. The topological polar surface area (TPSA) is 33.0 Å². The highest BCUT2D eigenvalue weighted by Gasteiger charge is 2.08. The summed E-state index contributed by atoms with van der Waals surface area (Å²) in [6.45, 7) is 2.44. The van der Waals surface area contributed by atoms with E-state index in [9.17, 15) is 5.26 Å². The van der Waals surface area contributed by atoms with Crippen LogP contribution in [0.4, 0.5) is 0 Å². The van der Waals surface area contributed by atoms with Crippen LogP contribution in [-0.2, 0) is 0 Å². The van der Waals surface area contributed by atoms with Gasteiger partial charge in [-0.25, -0.2) is 0 Å². The van der Waals surface area contributed by atoms with Crippen molar-refractivity contribution in [2.45, 2.75) is 6.92 Å². The first-order valence-electron chi connectivity index (χ1n) is 6.44. The number of ether oxygens (including phenoxy) is 1. The highest BCUT2D eigenvalue weighted by molar-refractivity contribution is 6.33. The first-order chi connectivity index (χ1) is 10.2. The molecule has 106 valence electrons. The Morgan fingerprint density at radius 3 is 2.67 bits per heavy atom. The van der Waals surface area contributed by atoms with E-state index in [1.165, 1.54) is 0 Å². The Kier molecular flexibility index (Phi) is 5.27. The lowest BCUT2D eigenvalue weighted by Gasteiger charge is -2.09. The Morgan fingerprint density at radius 1 is 1.24 bits per heavy atom. The van der Waals surface area contributed by atoms with Crippen molar-refractivity contribution < 1.29 is 4.74 Å². The van der Waals surface area contributed by atoms with Gasteiger partial charge < -0.3 is 4.74 Å². The van der Waals surface area contributed by atoms with Crippen molar-refractivity contribution >= 4 is 34.9 Å². The van der Waals surface area contributed by atoms with Crippen molar-refractivity contribution in [2.75, 3.05) is 6.61 Å². The fraction of sp³-hybridized carbons (Fsp3) is 0.118. The third-order valence-corrected chi connectivity index (χ3v) is 3.42. The van der Waals surface area contributed by atoms with E-state index < -0.39 is 0 Å². The molecule has 0 saturated carbocycles. The quantitative estimate of drug-likeness (QED) is 0.554. The van der Waals surface area contributed by atoms with Crippen LogP contribution in [0.3, 0.4) is 0 Å². The smallest absolute Gasteiger partial charge is 0.126 e. The second-order valence-electron chi connectivity index (χ2n) is 4.26. The van der Waals surface area contributed by atoms with Crippen LogP contribution in [0, 0.1) is 11.3 Å². The minimum Gasteiger partial charge on any atom is -0.493 e. The van der Waals surface area contributed by atoms with Gasteiger partial charge in [-0.2, -0.15) is 5.26 Å². The molecule has 0 heterocycles. The Morgan fingerprint density at radius 2 is 2.00 bits per heavy atom. The Balaban J connectivity index is 2.53. The zero-order valence-corrected chi connectivity index (χ0v) is 12.9. The third-order valence-electron chi connectivity index (χ3n) is 2.86. The van der Waals surface area contributed by atoms with Crippen molar-refractivity contribution in [3.63, 3.8) is 0 Å². The molecule has 0 atom stereocenters. The number of nitrogens with zero attached hydrogens (tertiary/aromatic N) is 1. The van der Waals surface area contributed by atoms with Gasteiger partial charge >= 0.3 is 0 Å². The fourth-order valence-corrected chi connectivity index (χ4v) is 2.34. The minimum absolute atomic E-state index is 0.462. The Labute approximate surface area is 134 Å². The summed E-state index contributed by atoms with van der Waals surface area (Å²) >= 11 is 12.2. The van der Waals surface area contributed by atoms with Crippen molar-refractivity contribution in [3.8, 4) is 11.8 Å². The van der Waals surface area contributed by atoms with Gasteiger partial charge in [0.1, 0.15) is 5.75 Å². The van der Waals surface area contributed by atoms with Crippen LogP contribution >= 0.6 is 23.2 Å². The molecule has 0 aliphatic carbocycles. The van der Waals surface area contributed by atoms with Gasteiger partial charge in [-0.05, 0) is 37.3 Å². The zero-order valence-electron chi connectivity index (χ0n) is 11.4. The molecule has 0 aromatic heterocycles. The van der Waals surface area contributed by atoms with Gasteiger partial charge in [0.2, 0.25) is 0 Å². The van der Waals surface area contributed by atoms with Gasteiger partial charge in [-0.15, -0.1) is 0 Å².